The average molecular weight is 139 g/mol. The molecule has 1 nitrogen and oxygen atoms in total. The Bertz CT molecular complexity index is 103. The van der Waals surface area contributed by atoms with Crippen LogP contribution in [0, 0.1) is 0 Å². The average Bonchev–Trinajstić information content (AvgIpc) is 2.71. The highest BCUT2D eigenvalue weighted by Crippen LogP contribution is 2.06. The van der Waals surface area contributed by atoms with E-state index in [4.69, 9.17) is 0 Å². The summed E-state index contributed by atoms with van der Waals surface area (Å²) in [5.74, 6) is 0. The van der Waals surface area contributed by atoms with Crippen molar-refractivity contribution >= 4 is 0 Å². The first-order valence-corrected chi connectivity index (χ1v) is 4.27. The van der Waals surface area contributed by atoms with Crippen LogP contribution in [-0.4, -0.2) is 24.5 Å². The molecule has 0 N–H and O–H groups in total. The zero-order chi connectivity index (χ0) is 7.23. The lowest BCUT2D eigenvalue weighted by Gasteiger charge is -1.97. The maximum atomic E-state index is 2.48. The first-order chi connectivity index (χ1) is 4.93. The summed E-state index contributed by atoms with van der Waals surface area (Å²) in [6.45, 7) is 6.12. The predicted molar refractivity (Wildman–Crippen MR) is 45.1 cm³/mol. The van der Waals surface area contributed by atoms with E-state index in [0.29, 0.717) is 0 Å². The highest BCUT2D eigenvalue weighted by molar-refractivity contribution is 4.77. The molecule has 1 heteroatoms. The number of hydrogen-bond acceptors (Lipinski definition) is 1. The summed E-state index contributed by atoms with van der Waals surface area (Å²) >= 11 is 0. The molecule has 1 heterocycles. The number of unbranched alkanes of at least 4 members (excludes halogenated alkanes) is 2. The fraction of sp³-hybridized carbons (Fsp3) is 0.778. The van der Waals surface area contributed by atoms with Crippen molar-refractivity contribution in [2.45, 2.75) is 26.2 Å². The molecule has 0 bridgehead atoms. The van der Waals surface area contributed by atoms with E-state index < -0.39 is 0 Å². The Labute approximate surface area is 63.7 Å². The lowest BCUT2D eigenvalue weighted by Crippen LogP contribution is -1.97. The van der Waals surface area contributed by atoms with Gasteiger partial charge in [0.2, 0.25) is 0 Å². The molecule has 0 aromatic rings. The molecule has 0 radical (unpaired) electrons. The lowest BCUT2D eigenvalue weighted by atomic mass is 10.2. The molecular weight excluding hydrogens is 122 g/mol. The van der Waals surface area contributed by atoms with Crippen LogP contribution >= 0.6 is 0 Å². The molecule has 1 saturated heterocycles. The summed E-state index contributed by atoms with van der Waals surface area (Å²) < 4.78 is 0. The monoisotopic (exact) mass is 139 g/mol. The van der Waals surface area contributed by atoms with Crippen LogP contribution in [0.1, 0.15) is 26.2 Å². The van der Waals surface area contributed by atoms with E-state index in [0.717, 1.165) is 0 Å². The third-order valence-corrected chi connectivity index (χ3v) is 1.87. The fourth-order valence-corrected chi connectivity index (χ4v) is 1.06. The number of allylic oxidation sites excluding steroid dienone is 2. The molecule has 0 unspecified atom stereocenters. The van der Waals surface area contributed by atoms with Crippen molar-refractivity contribution in [2.75, 3.05) is 19.6 Å². The van der Waals surface area contributed by atoms with Gasteiger partial charge in [0.25, 0.3) is 0 Å². The van der Waals surface area contributed by atoms with Crippen molar-refractivity contribution in [1.82, 2.24) is 4.90 Å². The van der Waals surface area contributed by atoms with Gasteiger partial charge in [-0.15, -0.1) is 0 Å². The molecular formula is C9H17N. The van der Waals surface area contributed by atoms with E-state index in [-0.39, 0.29) is 0 Å². The highest BCUT2D eigenvalue weighted by atomic mass is 15.2. The van der Waals surface area contributed by atoms with Gasteiger partial charge in [0, 0.05) is 13.1 Å². The van der Waals surface area contributed by atoms with Crippen LogP contribution in [0.15, 0.2) is 12.2 Å². The summed E-state index contributed by atoms with van der Waals surface area (Å²) in [5, 5.41) is 0. The fourth-order valence-electron chi connectivity index (χ4n) is 1.06. The van der Waals surface area contributed by atoms with Crippen molar-refractivity contribution < 1.29 is 0 Å². The van der Waals surface area contributed by atoms with Gasteiger partial charge in [0.1, 0.15) is 0 Å². The highest BCUT2D eigenvalue weighted by Gasteiger charge is 2.14. The minimum atomic E-state index is 1.27. The van der Waals surface area contributed by atoms with Gasteiger partial charge in [0.05, 0.1) is 0 Å². The second kappa shape index (κ2) is 4.51. The van der Waals surface area contributed by atoms with E-state index in [1.807, 2.05) is 0 Å². The van der Waals surface area contributed by atoms with Crippen LogP contribution in [0.25, 0.3) is 0 Å². The lowest BCUT2D eigenvalue weighted by molar-refractivity contribution is 0.522. The maximum absolute atomic E-state index is 2.48. The van der Waals surface area contributed by atoms with Gasteiger partial charge in [0.15, 0.2) is 0 Å². The molecule has 1 aliphatic heterocycles. The smallest absolute Gasteiger partial charge is 0.0110 e. The van der Waals surface area contributed by atoms with Gasteiger partial charge in [-0.25, -0.2) is 0 Å². The topological polar surface area (TPSA) is 3.01 Å². The van der Waals surface area contributed by atoms with Gasteiger partial charge < -0.3 is 4.90 Å². The van der Waals surface area contributed by atoms with E-state index in [9.17, 15) is 0 Å². The van der Waals surface area contributed by atoms with Crippen LogP contribution in [0.3, 0.4) is 0 Å². The molecule has 0 saturated carbocycles. The Balaban J connectivity index is 1.76. The zero-order valence-electron chi connectivity index (χ0n) is 6.84. The molecule has 0 spiro atoms. The van der Waals surface area contributed by atoms with Crippen molar-refractivity contribution in [3.63, 3.8) is 0 Å². The quantitative estimate of drug-likeness (QED) is 0.320. The summed E-state index contributed by atoms with van der Waals surface area (Å²) in [4.78, 5) is 2.48. The molecule has 0 atom stereocenters. The van der Waals surface area contributed by atoms with Crippen molar-refractivity contribution in [3.05, 3.63) is 12.2 Å². The van der Waals surface area contributed by atoms with Gasteiger partial charge in [-0.3, -0.25) is 0 Å². The SMILES string of the molecule is CC=CCCCCN1CC1. The zero-order valence-corrected chi connectivity index (χ0v) is 6.84. The van der Waals surface area contributed by atoms with Crippen LogP contribution in [0.5, 0.6) is 0 Å². The molecule has 58 valence electrons. The first-order valence-electron chi connectivity index (χ1n) is 4.27. The predicted octanol–water partition coefficient (Wildman–Crippen LogP) is 2.05. The Morgan fingerprint density at radius 1 is 1.30 bits per heavy atom. The minimum absolute atomic E-state index is 1.27. The summed E-state index contributed by atoms with van der Waals surface area (Å²) in [5.41, 5.74) is 0. The van der Waals surface area contributed by atoms with Gasteiger partial charge in [-0.05, 0) is 32.7 Å². The third-order valence-electron chi connectivity index (χ3n) is 1.87. The number of nitrogens with zero attached hydrogens (tertiary/aromatic N) is 1. The second-order valence-electron chi connectivity index (χ2n) is 2.91. The first kappa shape index (κ1) is 7.80. The van der Waals surface area contributed by atoms with Gasteiger partial charge in [-0.1, -0.05) is 12.2 Å². The Kier molecular flexibility index (Phi) is 3.52. The Morgan fingerprint density at radius 2 is 2.10 bits per heavy atom. The molecule has 0 aromatic carbocycles. The maximum Gasteiger partial charge on any atom is 0.0110 e. The minimum Gasteiger partial charge on any atom is -0.301 e. The van der Waals surface area contributed by atoms with E-state index in [2.05, 4.69) is 24.0 Å². The molecule has 1 rings (SSSR count). The summed E-state index contributed by atoms with van der Waals surface area (Å²) in [6, 6.07) is 0. The third kappa shape index (κ3) is 3.67. The van der Waals surface area contributed by atoms with Crippen LogP contribution in [-0.2, 0) is 0 Å². The van der Waals surface area contributed by atoms with Crippen molar-refractivity contribution in [1.29, 1.82) is 0 Å². The van der Waals surface area contributed by atoms with Crippen LogP contribution in [0.2, 0.25) is 0 Å². The molecule has 1 fully saturated rings. The van der Waals surface area contributed by atoms with E-state index in [1.165, 1.54) is 38.9 Å². The van der Waals surface area contributed by atoms with E-state index >= 15 is 0 Å². The van der Waals surface area contributed by atoms with Crippen molar-refractivity contribution in [3.8, 4) is 0 Å². The van der Waals surface area contributed by atoms with Crippen LogP contribution in [0.4, 0.5) is 0 Å². The number of rotatable bonds is 5. The largest absolute Gasteiger partial charge is 0.301 e. The molecule has 0 aromatic heterocycles. The molecule has 0 aliphatic carbocycles. The van der Waals surface area contributed by atoms with E-state index in [1.54, 1.807) is 0 Å². The van der Waals surface area contributed by atoms with Crippen LogP contribution < -0.4 is 0 Å². The summed E-state index contributed by atoms with van der Waals surface area (Å²) in [6.07, 6.45) is 8.40. The Morgan fingerprint density at radius 3 is 2.70 bits per heavy atom. The van der Waals surface area contributed by atoms with Gasteiger partial charge >= 0.3 is 0 Å². The normalized spacial score (nSPS) is 18.5. The molecule has 0 amide bonds. The van der Waals surface area contributed by atoms with Gasteiger partial charge in [-0.2, -0.15) is 0 Å². The summed E-state index contributed by atoms with van der Waals surface area (Å²) in [7, 11) is 0. The molecule has 10 heavy (non-hydrogen) atoms. The molecule has 1 aliphatic rings. The Hall–Kier alpha value is -0.300. The second-order valence-corrected chi connectivity index (χ2v) is 2.91. The van der Waals surface area contributed by atoms with Crippen molar-refractivity contribution in [2.24, 2.45) is 0 Å². The standard InChI is InChI=1S/C9H17N/c1-2-3-4-5-6-7-10-8-9-10/h2-3H,4-9H2,1H3. The number of hydrogen-bond donors (Lipinski definition) is 0.